The van der Waals surface area contributed by atoms with Crippen LogP contribution in [0.25, 0.3) is 32.9 Å². The van der Waals surface area contributed by atoms with Crippen molar-refractivity contribution in [1.29, 1.82) is 0 Å². The van der Waals surface area contributed by atoms with Gasteiger partial charge in [0, 0.05) is 35.6 Å². The van der Waals surface area contributed by atoms with Gasteiger partial charge in [0.1, 0.15) is 0 Å². The third kappa shape index (κ3) is 6.66. The number of hydrogen-bond acceptors (Lipinski definition) is 3. The quantitative estimate of drug-likeness (QED) is 0.238. The van der Waals surface area contributed by atoms with Crippen LogP contribution in [0.2, 0.25) is 0 Å². The van der Waals surface area contributed by atoms with E-state index in [2.05, 4.69) is 87.7 Å². The SMILES string of the molecule is [SiH4].c1ccc(-c2ccccc2)cc1.c1ccncc1.c1cnc2c(c1)ccc1cccnc12. The van der Waals surface area contributed by atoms with E-state index in [1.54, 1.807) is 24.8 Å². The van der Waals surface area contributed by atoms with Crippen LogP contribution in [0.4, 0.5) is 0 Å². The summed E-state index contributed by atoms with van der Waals surface area (Å²) in [5.41, 5.74) is 4.51. The highest BCUT2D eigenvalue weighted by Crippen LogP contribution is 2.20. The van der Waals surface area contributed by atoms with Crippen LogP contribution < -0.4 is 0 Å². The topological polar surface area (TPSA) is 38.7 Å². The molecule has 6 aromatic rings. The maximum absolute atomic E-state index is 4.35. The van der Waals surface area contributed by atoms with Crippen molar-refractivity contribution < 1.29 is 0 Å². The Bertz CT molecular complexity index is 1240. The molecule has 162 valence electrons. The van der Waals surface area contributed by atoms with E-state index in [0.29, 0.717) is 0 Å². The fourth-order valence-corrected chi connectivity index (χ4v) is 3.25. The molecule has 6 rings (SSSR count). The average molecular weight is 446 g/mol. The molecule has 0 fully saturated rings. The first kappa shape index (κ1) is 23.5. The van der Waals surface area contributed by atoms with Gasteiger partial charge in [-0.25, -0.2) is 0 Å². The zero-order chi connectivity index (χ0) is 21.8. The summed E-state index contributed by atoms with van der Waals surface area (Å²) < 4.78 is 0. The van der Waals surface area contributed by atoms with Gasteiger partial charge >= 0.3 is 0 Å². The molecule has 0 saturated heterocycles. The fraction of sp³-hybridized carbons (Fsp3) is 0. The molecule has 3 aromatic carbocycles. The van der Waals surface area contributed by atoms with Crippen LogP contribution in [0, 0.1) is 0 Å². The summed E-state index contributed by atoms with van der Waals surface area (Å²) >= 11 is 0. The summed E-state index contributed by atoms with van der Waals surface area (Å²) in [6.07, 6.45) is 7.10. The van der Waals surface area contributed by atoms with E-state index in [-0.39, 0.29) is 11.0 Å². The van der Waals surface area contributed by atoms with Crippen molar-refractivity contribution in [2.24, 2.45) is 0 Å². The molecule has 33 heavy (non-hydrogen) atoms. The second kappa shape index (κ2) is 12.6. The molecule has 0 bridgehead atoms. The number of rotatable bonds is 1. The van der Waals surface area contributed by atoms with Crippen molar-refractivity contribution in [3.63, 3.8) is 0 Å². The maximum atomic E-state index is 4.35. The van der Waals surface area contributed by atoms with Gasteiger partial charge in [0.15, 0.2) is 0 Å². The lowest BCUT2D eigenvalue weighted by molar-refractivity contribution is 1.33. The molecule has 3 aromatic heterocycles. The number of fused-ring (bicyclic) bond motifs is 3. The second-order valence-electron chi connectivity index (χ2n) is 6.97. The van der Waals surface area contributed by atoms with E-state index >= 15 is 0 Å². The van der Waals surface area contributed by atoms with E-state index in [9.17, 15) is 0 Å². The van der Waals surface area contributed by atoms with E-state index in [1.807, 2.05) is 42.5 Å². The highest BCUT2D eigenvalue weighted by atomic mass is 28.1. The van der Waals surface area contributed by atoms with Crippen molar-refractivity contribution >= 4 is 32.8 Å². The molecule has 0 aliphatic carbocycles. The van der Waals surface area contributed by atoms with Crippen molar-refractivity contribution in [1.82, 2.24) is 15.0 Å². The molecule has 0 spiro atoms. The summed E-state index contributed by atoms with van der Waals surface area (Å²) in [6.45, 7) is 0. The van der Waals surface area contributed by atoms with Gasteiger partial charge in [-0.15, -0.1) is 0 Å². The monoisotopic (exact) mass is 445 g/mol. The lowest BCUT2D eigenvalue weighted by atomic mass is 10.1. The first-order chi connectivity index (χ1) is 15.9. The molecule has 0 N–H and O–H groups in total. The van der Waals surface area contributed by atoms with Gasteiger partial charge in [0.25, 0.3) is 0 Å². The van der Waals surface area contributed by atoms with Crippen LogP contribution in [0.5, 0.6) is 0 Å². The standard InChI is InChI=1S/C12H8N2.C12H10.C5H5N.H4Si/c1-3-9-5-6-10-4-2-8-14-12(10)11(9)13-7-1;1-3-7-11(8-4-1)12-9-5-2-6-10-12;1-2-4-6-5-3-1;/h1-8H;1-10H;1-5H;1H4. The van der Waals surface area contributed by atoms with Gasteiger partial charge in [-0.05, 0) is 46.4 Å². The molecule has 0 aliphatic rings. The summed E-state index contributed by atoms with van der Waals surface area (Å²) in [5.74, 6) is 0. The second-order valence-corrected chi connectivity index (χ2v) is 6.97. The van der Waals surface area contributed by atoms with Crippen LogP contribution in [0.15, 0.2) is 140 Å². The maximum Gasteiger partial charge on any atom is 0.0964 e. The lowest BCUT2D eigenvalue weighted by Crippen LogP contribution is -1.83. The predicted octanol–water partition coefficient (Wildman–Crippen LogP) is 5.77. The fourth-order valence-electron chi connectivity index (χ4n) is 3.25. The Morgan fingerprint density at radius 3 is 1.15 bits per heavy atom. The summed E-state index contributed by atoms with van der Waals surface area (Å²) in [4.78, 5) is 12.5. The summed E-state index contributed by atoms with van der Waals surface area (Å²) in [7, 11) is 0. The van der Waals surface area contributed by atoms with Gasteiger partial charge < -0.3 is 0 Å². The molecule has 0 unspecified atom stereocenters. The minimum absolute atomic E-state index is 0. The Balaban J connectivity index is 0.000000147. The van der Waals surface area contributed by atoms with E-state index in [0.717, 1.165) is 21.8 Å². The first-order valence-corrected chi connectivity index (χ1v) is 10.5. The highest BCUT2D eigenvalue weighted by Gasteiger charge is 2.00. The van der Waals surface area contributed by atoms with Crippen LogP contribution in [0.1, 0.15) is 0 Å². The zero-order valence-corrected chi connectivity index (χ0v) is 17.6. The average Bonchev–Trinajstić information content (AvgIpc) is 2.91. The highest BCUT2D eigenvalue weighted by molar-refractivity contribution is 6.02. The Morgan fingerprint density at radius 1 is 0.364 bits per heavy atom. The van der Waals surface area contributed by atoms with Gasteiger partial charge in [-0.3, -0.25) is 15.0 Å². The van der Waals surface area contributed by atoms with Gasteiger partial charge in [-0.2, -0.15) is 0 Å². The molecule has 0 radical (unpaired) electrons. The van der Waals surface area contributed by atoms with E-state index in [4.69, 9.17) is 0 Å². The molecule has 0 amide bonds. The minimum atomic E-state index is 0. The molecular weight excluding hydrogens is 418 g/mol. The Hall–Kier alpha value is -4.15. The normalized spacial score (nSPS) is 9.58. The molecule has 0 atom stereocenters. The van der Waals surface area contributed by atoms with Crippen LogP contribution in [-0.4, -0.2) is 25.9 Å². The Labute approximate surface area is 198 Å². The first-order valence-electron chi connectivity index (χ1n) is 10.5. The van der Waals surface area contributed by atoms with Crippen LogP contribution >= 0.6 is 0 Å². The molecule has 0 aliphatic heterocycles. The van der Waals surface area contributed by atoms with Crippen molar-refractivity contribution in [2.75, 3.05) is 0 Å². The van der Waals surface area contributed by atoms with Crippen LogP contribution in [-0.2, 0) is 0 Å². The predicted molar refractivity (Wildman–Crippen MR) is 144 cm³/mol. The summed E-state index contributed by atoms with van der Waals surface area (Å²) in [6, 6.07) is 38.6. The van der Waals surface area contributed by atoms with Crippen LogP contribution in [0.3, 0.4) is 0 Å². The number of benzene rings is 3. The molecule has 3 nitrogen and oxygen atoms in total. The molecule has 3 heterocycles. The van der Waals surface area contributed by atoms with Crippen molar-refractivity contribution in [3.8, 4) is 11.1 Å². The third-order valence-electron chi connectivity index (χ3n) is 4.79. The number of hydrogen-bond donors (Lipinski definition) is 0. The lowest BCUT2D eigenvalue weighted by Gasteiger charge is -2.00. The third-order valence-corrected chi connectivity index (χ3v) is 4.79. The Kier molecular flexibility index (Phi) is 9.01. The smallest absolute Gasteiger partial charge is 0.0964 e. The summed E-state index contributed by atoms with van der Waals surface area (Å²) in [5, 5.41) is 2.28. The van der Waals surface area contributed by atoms with Gasteiger partial charge in [0.2, 0.25) is 0 Å². The van der Waals surface area contributed by atoms with E-state index in [1.165, 1.54) is 11.1 Å². The van der Waals surface area contributed by atoms with Crippen molar-refractivity contribution in [2.45, 2.75) is 0 Å². The number of pyridine rings is 3. The number of nitrogens with zero attached hydrogens (tertiary/aromatic N) is 3. The molecule has 0 saturated carbocycles. The zero-order valence-electron chi connectivity index (χ0n) is 17.6. The Morgan fingerprint density at radius 2 is 0.788 bits per heavy atom. The van der Waals surface area contributed by atoms with E-state index < -0.39 is 0 Å². The minimum Gasteiger partial charge on any atom is -0.265 e. The molecular formula is C29H27N3Si. The number of aromatic nitrogens is 3. The van der Waals surface area contributed by atoms with Gasteiger partial charge in [0.05, 0.1) is 11.0 Å². The van der Waals surface area contributed by atoms with Crippen molar-refractivity contribution in [3.05, 3.63) is 140 Å². The van der Waals surface area contributed by atoms with Gasteiger partial charge in [-0.1, -0.05) is 91.0 Å². The largest absolute Gasteiger partial charge is 0.265 e. The molecule has 4 heteroatoms.